The zero-order chi connectivity index (χ0) is 12.3. The van der Waals surface area contributed by atoms with Crippen LogP contribution in [0.15, 0.2) is 24.3 Å². The van der Waals surface area contributed by atoms with Gasteiger partial charge in [0, 0.05) is 13.1 Å². The summed E-state index contributed by atoms with van der Waals surface area (Å²) in [7, 11) is 0. The number of carbonyl (C=O) groups is 2. The van der Waals surface area contributed by atoms with E-state index in [0.717, 1.165) is 12.0 Å². The van der Waals surface area contributed by atoms with Gasteiger partial charge in [0.1, 0.15) is 6.54 Å². The molecule has 17 heavy (non-hydrogen) atoms. The maximum Gasteiger partial charge on any atom is 0.323 e. The van der Waals surface area contributed by atoms with Gasteiger partial charge in [0.2, 0.25) is 0 Å². The maximum atomic E-state index is 11.7. The second-order valence-electron chi connectivity index (χ2n) is 3.99. The lowest BCUT2D eigenvalue weighted by molar-refractivity contribution is -0.135. The molecule has 0 unspecified atom stereocenters. The summed E-state index contributed by atoms with van der Waals surface area (Å²) in [5.74, 6) is -1.03. The number of nitrogens with zero attached hydrogens (tertiary/aromatic N) is 1. The third kappa shape index (κ3) is 2.75. The zero-order valence-electron chi connectivity index (χ0n) is 9.35. The molecular formula is C12H14N2O3. The van der Waals surface area contributed by atoms with Crippen molar-refractivity contribution in [2.45, 2.75) is 13.0 Å². The van der Waals surface area contributed by atoms with Gasteiger partial charge in [-0.25, -0.2) is 4.79 Å². The standard InChI is InChI=1S/C12H14N2O3/c15-11(16)7-13-12(17)14-6-5-9-3-1-2-4-10(9)8-14/h1-4H,5-8H2,(H,13,17)(H,15,16). The SMILES string of the molecule is O=C(O)CNC(=O)N1CCc2ccccc2C1. The van der Waals surface area contributed by atoms with Crippen molar-refractivity contribution in [3.63, 3.8) is 0 Å². The Morgan fingerprint density at radius 3 is 2.71 bits per heavy atom. The van der Waals surface area contributed by atoms with E-state index in [1.807, 2.05) is 18.2 Å². The highest BCUT2D eigenvalue weighted by molar-refractivity contribution is 5.80. The third-order valence-corrected chi connectivity index (χ3v) is 2.81. The Morgan fingerprint density at radius 1 is 1.29 bits per heavy atom. The molecule has 0 radical (unpaired) electrons. The molecule has 90 valence electrons. The van der Waals surface area contributed by atoms with Gasteiger partial charge in [0.25, 0.3) is 0 Å². The van der Waals surface area contributed by atoms with Crippen molar-refractivity contribution in [1.29, 1.82) is 0 Å². The summed E-state index contributed by atoms with van der Waals surface area (Å²) >= 11 is 0. The van der Waals surface area contributed by atoms with E-state index >= 15 is 0 Å². The summed E-state index contributed by atoms with van der Waals surface area (Å²) < 4.78 is 0. The first-order valence-corrected chi connectivity index (χ1v) is 5.48. The monoisotopic (exact) mass is 234 g/mol. The molecule has 0 saturated carbocycles. The van der Waals surface area contributed by atoms with E-state index in [0.29, 0.717) is 13.1 Å². The fourth-order valence-electron chi connectivity index (χ4n) is 1.93. The van der Waals surface area contributed by atoms with Crippen LogP contribution in [0.5, 0.6) is 0 Å². The minimum absolute atomic E-state index is 0.318. The Balaban J connectivity index is 1.97. The Morgan fingerprint density at radius 2 is 2.00 bits per heavy atom. The van der Waals surface area contributed by atoms with Crippen LogP contribution in [0.3, 0.4) is 0 Å². The van der Waals surface area contributed by atoms with Gasteiger partial charge in [-0.15, -0.1) is 0 Å². The van der Waals surface area contributed by atoms with Crippen LogP contribution in [0.25, 0.3) is 0 Å². The fraction of sp³-hybridized carbons (Fsp3) is 0.333. The van der Waals surface area contributed by atoms with Crippen LogP contribution in [0.1, 0.15) is 11.1 Å². The van der Waals surface area contributed by atoms with Crippen LogP contribution in [0.2, 0.25) is 0 Å². The summed E-state index contributed by atoms with van der Waals surface area (Å²) in [5.41, 5.74) is 2.39. The smallest absolute Gasteiger partial charge is 0.323 e. The number of amides is 2. The lowest BCUT2D eigenvalue weighted by Gasteiger charge is -2.28. The molecule has 1 aromatic rings. The van der Waals surface area contributed by atoms with Crippen LogP contribution in [0.4, 0.5) is 4.79 Å². The molecule has 5 nitrogen and oxygen atoms in total. The summed E-state index contributed by atoms with van der Waals surface area (Å²) in [6, 6.07) is 7.66. The number of carboxylic acid groups (broad SMARTS) is 1. The number of rotatable bonds is 2. The topological polar surface area (TPSA) is 69.6 Å². The average molecular weight is 234 g/mol. The number of hydrogen-bond acceptors (Lipinski definition) is 2. The summed E-state index contributed by atoms with van der Waals surface area (Å²) in [6.45, 7) is 0.834. The van der Waals surface area contributed by atoms with Crippen molar-refractivity contribution in [2.24, 2.45) is 0 Å². The molecule has 0 atom stereocenters. The van der Waals surface area contributed by atoms with Gasteiger partial charge >= 0.3 is 12.0 Å². The minimum atomic E-state index is -1.03. The predicted octanol–water partition coefficient (Wildman–Crippen LogP) is 0.839. The highest BCUT2D eigenvalue weighted by atomic mass is 16.4. The van der Waals surface area contributed by atoms with Crippen LogP contribution in [-0.2, 0) is 17.8 Å². The van der Waals surface area contributed by atoms with E-state index in [1.54, 1.807) is 4.90 Å². The molecule has 0 spiro atoms. The first kappa shape index (κ1) is 11.4. The molecule has 1 aliphatic heterocycles. The molecule has 5 heteroatoms. The van der Waals surface area contributed by atoms with Crippen molar-refractivity contribution < 1.29 is 14.7 Å². The van der Waals surface area contributed by atoms with Gasteiger partial charge in [0.05, 0.1) is 0 Å². The molecule has 0 bridgehead atoms. The lowest BCUT2D eigenvalue weighted by Crippen LogP contribution is -2.44. The van der Waals surface area contributed by atoms with Gasteiger partial charge in [-0.2, -0.15) is 0 Å². The molecule has 1 heterocycles. The number of urea groups is 1. The Kier molecular flexibility index (Phi) is 3.27. The maximum absolute atomic E-state index is 11.7. The van der Waals surface area contributed by atoms with Gasteiger partial charge in [-0.05, 0) is 17.5 Å². The molecule has 2 amide bonds. The minimum Gasteiger partial charge on any atom is -0.480 e. The van der Waals surface area contributed by atoms with Gasteiger partial charge in [-0.1, -0.05) is 24.3 Å². The van der Waals surface area contributed by atoms with E-state index in [1.165, 1.54) is 5.56 Å². The number of fused-ring (bicyclic) bond motifs is 1. The van der Waals surface area contributed by atoms with Gasteiger partial charge < -0.3 is 15.3 Å². The first-order chi connectivity index (χ1) is 8.16. The van der Waals surface area contributed by atoms with Gasteiger partial charge in [-0.3, -0.25) is 4.79 Å². The second-order valence-corrected chi connectivity index (χ2v) is 3.99. The molecule has 0 fully saturated rings. The molecule has 0 aromatic heterocycles. The quantitative estimate of drug-likeness (QED) is 0.796. The Bertz CT molecular complexity index is 445. The van der Waals surface area contributed by atoms with Crippen molar-refractivity contribution in [3.8, 4) is 0 Å². The normalized spacial score (nSPS) is 14.0. The number of carboxylic acids is 1. The zero-order valence-corrected chi connectivity index (χ0v) is 9.35. The van der Waals surface area contributed by atoms with Crippen LogP contribution < -0.4 is 5.32 Å². The highest BCUT2D eigenvalue weighted by Gasteiger charge is 2.20. The molecule has 0 aliphatic carbocycles. The first-order valence-electron chi connectivity index (χ1n) is 5.48. The van der Waals surface area contributed by atoms with E-state index in [-0.39, 0.29) is 12.6 Å². The molecule has 1 aliphatic rings. The molecule has 2 rings (SSSR count). The van der Waals surface area contributed by atoms with Crippen molar-refractivity contribution >= 4 is 12.0 Å². The van der Waals surface area contributed by atoms with E-state index in [9.17, 15) is 9.59 Å². The Labute approximate surface area is 99.0 Å². The number of nitrogens with one attached hydrogen (secondary N) is 1. The molecule has 2 N–H and O–H groups in total. The van der Waals surface area contributed by atoms with Crippen LogP contribution in [0, 0.1) is 0 Å². The lowest BCUT2D eigenvalue weighted by atomic mass is 10.0. The van der Waals surface area contributed by atoms with Crippen LogP contribution >= 0.6 is 0 Å². The number of benzene rings is 1. The van der Waals surface area contributed by atoms with E-state index in [2.05, 4.69) is 11.4 Å². The molecular weight excluding hydrogens is 220 g/mol. The summed E-state index contributed by atoms with van der Waals surface area (Å²) in [6.07, 6.45) is 0.816. The highest BCUT2D eigenvalue weighted by Crippen LogP contribution is 2.18. The van der Waals surface area contributed by atoms with Crippen molar-refractivity contribution in [1.82, 2.24) is 10.2 Å². The molecule has 0 saturated heterocycles. The number of carbonyl (C=O) groups excluding carboxylic acids is 1. The van der Waals surface area contributed by atoms with E-state index < -0.39 is 5.97 Å². The van der Waals surface area contributed by atoms with E-state index in [4.69, 9.17) is 5.11 Å². The predicted molar refractivity (Wildman–Crippen MR) is 61.6 cm³/mol. The summed E-state index contributed by atoms with van der Waals surface area (Å²) in [5, 5.41) is 10.9. The van der Waals surface area contributed by atoms with Crippen molar-refractivity contribution in [2.75, 3.05) is 13.1 Å². The van der Waals surface area contributed by atoms with Crippen LogP contribution in [-0.4, -0.2) is 35.1 Å². The van der Waals surface area contributed by atoms with Gasteiger partial charge in [0.15, 0.2) is 0 Å². The third-order valence-electron chi connectivity index (χ3n) is 2.81. The fourth-order valence-corrected chi connectivity index (χ4v) is 1.93. The second kappa shape index (κ2) is 4.86. The summed E-state index contributed by atoms with van der Waals surface area (Å²) in [4.78, 5) is 23.6. The number of hydrogen-bond donors (Lipinski definition) is 2. The largest absolute Gasteiger partial charge is 0.480 e. The molecule has 1 aromatic carbocycles. The average Bonchev–Trinajstić information content (AvgIpc) is 2.35. The number of aliphatic carboxylic acids is 1. The van der Waals surface area contributed by atoms with Crippen molar-refractivity contribution in [3.05, 3.63) is 35.4 Å². The Hall–Kier alpha value is -2.04.